The van der Waals surface area contributed by atoms with Gasteiger partial charge in [-0.15, -0.1) is 0 Å². The quantitative estimate of drug-likeness (QED) is 0.844. The number of Topliss-reactive ketones (excluding diaryl/α,β-unsaturated/α-hetero) is 1. The summed E-state index contributed by atoms with van der Waals surface area (Å²) in [6.07, 6.45) is -0.255. The van der Waals surface area contributed by atoms with Crippen LogP contribution in [-0.4, -0.2) is 24.5 Å². The van der Waals surface area contributed by atoms with E-state index in [1.807, 2.05) is 0 Å². The maximum Gasteiger partial charge on any atom is 0.414 e. The van der Waals surface area contributed by atoms with Gasteiger partial charge in [0.15, 0.2) is 11.6 Å². The Morgan fingerprint density at radius 1 is 1.42 bits per heavy atom. The van der Waals surface area contributed by atoms with Crippen LogP contribution in [0.2, 0.25) is 0 Å². The molecule has 1 aliphatic heterocycles. The number of hydrogen-bond donors (Lipinski definition) is 0. The van der Waals surface area contributed by atoms with Crippen molar-refractivity contribution < 1.29 is 23.1 Å². The molecule has 1 aromatic carbocycles. The second-order valence-corrected chi connectivity index (χ2v) is 4.46. The van der Waals surface area contributed by atoms with Crippen molar-refractivity contribution in [1.29, 1.82) is 0 Å². The van der Waals surface area contributed by atoms with Gasteiger partial charge in [-0.3, -0.25) is 4.90 Å². The first-order valence-corrected chi connectivity index (χ1v) is 5.90. The molecule has 2 rings (SSSR count). The summed E-state index contributed by atoms with van der Waals surface area (Å²) >= 11 is 0. The monoisotopic (exact) mass is 269 g/mol. The highest BCUT2D eigenvalue weighted by molar-refractivity contribution is 5.89. The van der Waals surface area contributed by atoms with Crippen molar-refractivity contribution >= 4 is 17.6 Å². The van der Waals surface area contributed by atoms with Gasteiger partial charge in [0.2, 0.25) is 0 Å². The molecule has 1 saturated heterocycles. The molecular formula is C13H13F2NO3. The molecule has 6 heteroatoms. The Hall–Kier alpha value is -1.98. The standard InChI is InChI=1S/C13H13F2NO3/c1-8(17)2-4-10-7-16(13(18)19-10)9-3-5-11(14)12(15)6-9/h3,5-6,10H,2,4,7H2,1H3/t10-/m0/s1. The van der Waals surface area contributed by atoms with Crippen LogP contribution in [0, 0.1) is 11.6 Å². The van der Waals surface area contributed by atoms with Crippen LogP contribution in [0.3, 0.4) is 0 Å². The summed E-state index contributed by atoms with van der Waals surface area (Å²) in [6.45, 7) is 1.70. The van der Waals surface area contributed by atoms with E-state index in [-0.39, 0.29) is 18.0 Å². The summed E-state index contributed by atoms with van der Waals surface area (Å²) in [4.78, 5) is 23.7. The molecule has 0 spiro atoms. The van der Waals surface area contributed by atoms with E-state index in [2.05, 4.69) is 0 Å². The maximum absolute atomic E-state index is 13.1. The number of hydrogen-bond acceptors (Lipinski definition) is 3. The number of amides is 1. The molecule has 1 heterocycles. The van der Waals surface area contributed by atoms with E-state index in [1.165, 1.54) is 17.9 Å². The van der Waals surface area contributed by atoms with Crippen molar-refractivity contribution in [2.45, 2.75) is 25.9 Å². The summed E-state index contributed by atoms with van der Waals surface area (Å²) in [7, 11) is 0. The van der Waals surface area contributed by atoms with Gasteiger partial charge in [-0.25, -0.2) is 13.6 Å². The first kappa shape index (κ1) is 13.5. The topological polar surface area (TPSA) is 46.6 Å². The lowest BCUT2D eigenvalue weighted by Gasteiger charge is -2.12. The van der Waals surface area contributed by atoms with Gasteiger partial charge in [-0.2, -0.15) is 0 Å². The summed E-state index contributed by atoms with van der Waals surface area (Å²) in [5.41, 5.74) is 0.245. The molecule has 19 heavy (non-hydrogen) atoms. The number of benzene rings is 1. The number of cyclic esters (lactones) is 1. The predicted octanol–water partition coefficient (Wildman–Crippen LogP) is 2.66. The number of halogens is 2. The Kier molecular flexibility index (Phi) is 3.78. The summed E-state index contributed by atoms with van der Waals surface area (Å²) < 4.78 is 31.0. The van der Waals surface area contributed by atoms with Crippen molar-refractivity contribution in [2.75, 3.05) is 11.4 Å². The van der Waals surface area contributed by atoms with Crippen LogP contribution in [0.4, 0.5) is 19.3 Å². The van der Waals surface area contributed by atoms with Crippen molar-refractivity contribution in [3.8, 4) is 0 Å². The Bertz CT molecular complexity index is 519. The van der Waals surface area contributed by atoms with Gasteiger partial charge in [0.25, 0.3) is 0 Å². The number of carbonyl (C=O) groups excluding carboxylic acids is 2. The molecule has 0 saturated carbocycles. The fourth-order valence-electron chi connectivity index (χ4n) is 1.90. The first-order chi connectivity index (χ1) is 8.97. The van der Waals surface area contributed by atoms with Crippen molar-refractivity contribution in [2.24, 2.45) is 0 Å². The van der Waals surface area contributed by atoms with Gasteiger partial charge in [0, 0.05) is 12.5 Å². The highest BCUT2D eigenvalue weighted by Crippen LogP contribution is 2.25. The fourth-order valence-corrected chi connectivity index (χ4v) is 1.90. The van der Waals surface area contributed by atoms with Gasteiger partial charge < -0.3 is 9.53 Å². The minimum atomic E-state index is -1.02. The minimum absolute atomic E-state index is 0.0160. The lowest BCUT2D eigenvalue weighted by Crippen LogP contribution is -2.24. The molecule has 0 N–H and O–H groups in total. The SMILES string of the molecule is CC(=O)CC[C@H]1CN(c2ccc(F)c(F)c2)C(=O)O1. The van der Waals surface area contributed by atoms with Crippen LogP contribution in [0.5, 0.6) is 0 Å². The molecule has 102 valence electrons. The van der Waals surface area contributed by atoms with E-state index in [0.29, 0.717) is 12.8 Å². The van der Waals surface area contributed by atoms with E-state index < -0.39 is 23.8 Å². The molecule has 0 aliphatic carbocycles. The molecule has 0 unspecified atom stereocenters. The van der Waals surface area contributed by atoms with Crippen LogP contribution < -0.4 is 4.90 Å². The molecule has 4 nitrogen and oxygen atoms in total. The zero-order valence-corrected chi connectivity index (χ0v) is 10.4. The minimum Gasteiger partial charge on any atom is -0.444 e. The van der Waals surface area contributed by atoms with Gasteiger partial charge in [0.1, 0.15) is 11.9 Å². The third kappa shape index (κ3) is 3.07. The Balaban J connectivity index is 2.07. The number of ketones is 1. The van der Waals surface area contributed by atoms with Crippen LogP contribution in [0.15, 0.2) is 18.2 Å². The van der Waals surface area contributed by atoms with Crippen LogP contribution in [0.25, 0.3) is 0 Å². The lowest BCUT2D eigenvalue weighted by molar-refractivity contribution is -0.117. The predicted molar refractivity (Wildman–Crippen MR) is 63.9 cm³/mol. The number of ether oxygens (including phenoxy) is 1. The van der Waals surface area contributed by atoms with Gasteiger partial charge in [-0.05, 0) is 25.5 Å². The average Bonchev–Trinajstić information content (AvgIpc) is 2.72. The van der Waals surface area contributed by atoms with Crippen molar-refractivity contribution in [3.05, 3.63) is 29.8 Å². The zero-order valence-electron chi connectivity index (χ0n) is 10.4. The van der Waals surface area contributed by atoms with E-state index in [4.69, 9.17) is 4.74 Å². The Morgan fingerprint density at radius 3 is 2.79 bits per heavy atom. The van der Waals surface area contributed by atoms with Gasteiger partial charge >= 0.3 is 6.09 Å². The van der Waals surface area contributed by atoms with E-state index in [9.17, 15) is 18.4 Å². The largest absolute Gasteiger partial charge is 0.444 e. The molecular weight excluding hydrogens is 256 g/mol. The maximum atomic E-state index is 13.1. The number of nitrogens with zero attached hydrogens (tertiary/aromatic N) is 1. The Labute approximate surface area is 109 Å². The summed E-state index contributed by atoms with van der Waals surface area (Å²) in [6, 6.07) is 3.22. The van der Waals surface area contributed by atoms with E-state index in [0.717, 1.165) is 12.1 Å². The molecule has 1 amide bonds. The number of anilines is 1. The lowest BCUT2D eigenvalue weighted by atomic mass is 10.1. The normalized spacial score (nSPS) is 18.6. The smallest absolute Gasteiger partial charge is 0.414 e. The second-order valence-electron chi connectivity index (χ2n) is 4.46. The second kappa shape index (κ2) is 5.34. The molecule has 1 atom stereocenters. The number of carbonyl (C=O) groups is 2. The van der Waals surface area contributed by atoms with Crippen molar-refractivity contribution in [1.82, 2.24) is 0 Å². The van der Waals surface area contributed by atoms with E-state index in [1.54, 1.807) is 0 Å². The third-order valence-corrected chi connectivity index (χ3v) is 2.91. The first-order valence-electron chi connectivity index (χ1n) is 5.90. The van der Waals surface area contributed by atoms with Crippen molar-refractivity contribution in [3.63, 3.8) is 0 Å². The molecule has 1 aromatic rings. The average molecular weight is 269 g/mol. The molecule has 0 radical (unpaired) electrons. The third-order valence-electron chi connectivity index (χ3n) is 2.91. The molecule has 1 fully saturated rings. The molecule has 1 aliphatic rings. The molecule has 0 bridgehead atoms. The fraction of sp³-hybridized carbons (Fsp3) is 0.385. The van der Waals surface area contributed by atoms with Crippen LogP contribution in [-0.2, 0) is 9.53 Å². The van der Waals surface area contributed by atoms with Gasteiger partial charge in [-0.1, -0.05) is 0 Å². The highest BCUT2D eigenvalue weighted by atomic mass is 19.2. The Morgan fingerprint density at radius 2 is 2.16 bits per heavy atom. The summed E-state index contributed by atoms with van der Waals surface area (Å²) in [5, 5.41) is 0. The number of rotatable bonds is 4. The molecule has 0 aromatic heterocycles. The van der Waals surface area contributed by atoms with E-state index >= 15 is 0 Å². The highest BCUT2D eigenvalue weighted by Gasteiger charge is 2.32. The zero-order chi connectivity index (χ0) is 14.0. The van der Waals surface area contributed by atoms with Crippen LogP contribution >= 0.6 is 0 Å². The summed E-state index contributed by atoms with van der Waals surface area (Å²) in [5.74, 6) is -1.97. The van der Waals surface area contributed by atoms with Crippen LogP contribution in [0.1, 0.15) is 19.8 Å². The van der Waals surface area contributed by atoms with Gasteiger partial charge in [0.05, 0.1) is 12.2 Å².